The maximum absolute atomic E-state index is 14.7. The summed E-state index contributed by atoms with van der Waals surface area (Å²) in [5, 5.41) is 13.1. The fourth-order valence-corrected chi connectivity index (χ4v) is 5.03. The van der Waals surface area contributed by atoms with Gasteiger partial charge >= 0.3 is 0 Å². The second-order valence-electron chi connectivity index (χ2n) is 9.32. The normalized spacial score (nSPS) is 19.6. The number of para-hydroxylation sites is 1. The van der Waals surface area contributed by atoms with E-state index in [1.807, 2.05) is 6.07 Å². The minimum absolute atomic E-state index is 0.251. The van der Waals surface area contributed by atoms with Crippen molar-refractivity contribution in [1.82, 2.24) is 30.1 Å². The smallest absolute Gasteiger partial charge is 0.291 e. The Balaban J connectivity index is 1.36. The third kappa shape index (κ3) is 4.11. The number of nitrogens with zero attached hydrogens (tertiary/aromatic N) is 5. The van der Waals surface area contributed by atoms with E-state index in [1.54, 1.807) is 6.07 Å². The van der Waals surface area contributed by atoms with Gasteiger partial charge in [-0.15, -0.1) is 0 Å². The molecule has 0 atom stereocenters. The van der Waals surface area contributed by atoms with Gasteiger partial charge in [0, 0.05) is 17.3 Å². The van der Waals surface area contributed by atoms with Crippen LogP contribution in [-0.2, 0) is 6.42 Å². The number of fused-ring (bicyclic) bond motifs is 1. The Hall–Kier alpha value is -2.32. The van der Waals surface area contributed by atoms with Gasteiger partial charge in [0.05, 0.1) is 5.69 Å². The van der Waals surface area contributed by atoms with Gasteiger partial charge < -0.3 is 14.7 Å². The quantitative estimate of drug-likeness (QED) is 0.671. The molecule has 0 bridgehead atoms. The average molecular weight is 427 g/mol. The molecule has 31 heavy (non-hydrogen) atoms. The number of likely N-dealkylation sites (tertiary alicyclic amines) is 1. The van der Waals surface area contributed by atoms with Gasteiger partial charge in [-0.1, -0.05) is 26.0 Å². The molecule has 0 radical (unpaired) electrons. The van der Waals surface area contributed by atoms with Crippen LogP contribution in [0.4, 0.5) is 4.39 Å². The van der Waals surface area contributed by atoms with Crippen molar-refractivity contribution >= 4 is 10.9 Å². The van der Waals surface area contributed by atoms with Crippen molar-refractivity contribution < 1.29 is 8.91 Å². The lowest BCUT2D eigenvalue weighted by atomic mass is 9.94. The summed E-state index contributed by atoms with van der Waals surface area (Å²) in [6.07, 6.45) is 5.25. The van der Waals surface area contributed by atoms with Crippen LogP contribution in [0.25, 0.3) is 16.9 Å². The molecule has 4 heterocycles. The van der Waals surface area contributed by atoms with Crippen molar-refractivity contribution in [2.45, 2.75) is 57.9 Å². The van der Waals surface area contributed by atoms with Crippen LogP contribution in [0.5, 0.6) is 0 Å². The number of benzene rings is 1. The summed E-state index contributed by atoms with van der Waals surface area (Å²) in [6.45, 7) is 8.62. The fraction of sp³-hybridized carbons (Fsp3) is 0.609. The van der Waals surface area contributed by atoms with E-state index >= 15 is 0 Å². The van der Waals surface area contributed by atoms with Crippen LogP contribution in [0.2, 0.25) is 0 Å². The largest absolute Gasteiger partial charge is 0.337 e. The molecule has 2 saturated heterocycles. The molecule has 3 aromatic rings. The highest BCUT2D eigenvalue weighted by molar-refractivity contribution is 5.83. The molecular weight excluding hydrogens is 395 g/mol. The molecule has 166 valence electrons. The SMILES string of the molecule is CC(C)Cc1nn(-c2noc(C3CCN(C4CCNCC4)CC3)n2)c2c(F)cccc12. The van der Waals surface area contributed by atoms with E-state index in [-0.39, 0.29) is 11.7 Å². The van der Waals surface area contributed by atoms with Crippen LogP contribution in [0.3, 0.4) is 0 Å². The second-order valence-corrected chi connectivity index (χ2v) is 9.32. The Bertz CT molecular complexity index is 1030. The Morgan fingerprint density at radius 2 is 1.94 bits per heavy atom. The number of piperidine rings is 2. The monoisotopic (exact) mass is 426 g/mol. The van der Waals surface area contributed by atoms with Crippen LogP contribution in [0.15, 0.2) is 22.7 Å². The lowest BCUT2D eigenvalue weighted by molar-refractivity contribution is 0.120. The Morgan fingerprint density at radius 1 is 1.16 bits per heavy atom. The van der Waals surface area contributed by atoms with Crippen LogP contribution < -0.4 is 5.32 Å². The van der Waals surface area contributed by atoms with E-state index in [9.17, 15) is 4.39 Å². The lowest BCUT2D eigenvalue weighted by Gasteiger charge is -2.38. The first-order valence-electron chi connectivity index (χ1n) is 11.5. The number of hydrogen-bond donors (Lipinski definition) is 1. The Labute approximate surface area is 182 Å². The summed E-state index contributed by atoms with van der Waals surface area (Å²) in [4.78, 5) is 7.27. The second kappa shape index (κ2) is 8.67. The maximum Gasteiger partial charge on any atom is 0.291 e. The van der Waals surface area contributed by atoms with E-state index in [2.05, 4.69) is 39.3 Å². The molecule has 2 fully saturated rings. The molecule has 0 saturated carbocycles. The van der Waals surface area contributed by atoms with Crippen LogP contribution in [-0.4, -0.2) is 57.0 Å². The van der Waals surface area contributed by atoms with Gasteiger partial charge in [-0.25, -0.2) is 4.39 Å². The number of aromatic nitrogens is 4. The van der Waals surface area contributed by atoms with Crippen molar-refractivity contribution in [3.05, 3.63) is 35.6 Å². The molecular formula is C23H31FN6O. The highest BCUT2D eigenvalue weighted by Crippen LogP contribution is 2.31. The van der Waals surface area contributed by atoms with Crippen LogP contribution >= 0.6 is 0 Å². The highest BCUT2D eigenvalue weighted by atomic mass is 19.1. The first-order valence-corrected chi connectivity index (χ1v) is 11.5. The molecule has 1 aromatic carbocycles. The topological polar surface area (TPSA) is 72.0 Å². The predicted octanol–water partition coefficient (Wildman–Crippen LogP) is 3.68. The fourth-order valence-electron chi connectivity index (χ4n) is 5.03. The van der Waals surface area contributed by atoms with Crippen LogP contribution in [0, 0.1) is 11.7 Å². The van der Waals surface area contributed by atoms with E-state index < -0.39 is 0 Å². The van der Waals surface area contributed by atoms with Gasteiger partial charge in [0.15, 0.2) is 0 Å². The number of nitrogens with one attached hydrogen (secondary N) is 1. The molecule has 0 spiro atoms. The Kier molecular flexibility index (Phi) is 5.75. The molecule has 2 aromatic heterocycles. The lowest BCUT2D eigenvalue weighted by Crippen LogP contribution is -2.46. The zero-order chi connectivity index (χ0) is 21.4. The molecule has 7 nitrogen and oxygen atoms in total. The first kappa shape index (κ1) is 20.6. The summed E-state index contributed by atoms with van der Waals surface area (Å²) in [5.41, 5.74) is 1.29. The first-order chi connectivity index (χ1) is 15.1. The third-order valence-electron chi connectivity index (χ3n) is 6.66. The average Bonchev–Trinajstić information content (AvgIpc) is 3.40. The van der Waals surface area contributed by atoms with Gasteiger partial charge in [0.25, 0.3) is 5.95 Å². The van der Waals surface area contributed by atoms with E-state index in [0.29, 0.717) is 29.3 Å². The summed E-state index contributed by atoms with van der Waals surface area (Å²) in [5.74, 6) is 1.31. The van der Waals surface area contributed by atoms with E-state index in [4.69, 9.17) is 4.52 Å². The van der Waals surface area contributed by atoms with Gasteiger partial charge in [-0.3, -0.25) is 0 Å². The summed E-state index contributed by atoms with van der Waals surface area (Å²) >= 11 is 0. The van der Waals surface area contributed by atoms with Crippen molar-refractivity contribution in [3.63, 3.8) is 0 Å². The minimum Gasteiger partial charge on any atom is -0.337 e. The molecule has 2 aliphatic rings. The van der Waals surface area contributed by atoms with Crippen LogP contribution in [0.1, 0.15) is 57.0 Å². The molecule has 8 heteroatoms. The molecule has 1 N–H and O–H groups in total. The molecule has 0 amide bonds. The van der Waals surface area contributed by atoms with Crippen molar-refractivity contribution in [3.8, 4) is 5.95 Å². The van der Waals surface area contributed by atoms with E-state index in [1.165, 1.54) is 23.6 Å². The zero-order valence-corrected chi connectivity index (χ0v) is 18.4. The van der Waals surface area contributed by atoms with Crippen molar-refractivity contribution in [1.29, 1.82) is 0 Å². The summed E-state index contributed by atoms with van der Waals surface area (Å²) in [7, 11) is 0. The van der Waals surface area contributed by atoms with Crippen molar-refractivity contribution in [2.75, 3.05) is 26.2 Å². The Morgan fingerprint density at radius 3 is 2.68 bits per heavy atom. The maximum atomic E-state index is 14.7. The summed E-state index contributed by atoms with van der Waals surface area (Å²) in [6, 6.07) is 5.79. The molecule has 2 aliphatic heterocycles. The standard InChI is InChI=1S/C23H31FN6O/c1-15(2)14-20-18-4-3-5-19(24)21(18)30(27-20)23-26-22(31-28-23)16-8-12-29(13-9-16)17-6-10-25-11-7-17/h3-5,15-17,25H,6-14H2,1-2H3. The summed E-state index contributed by atoms with van der Waals surface area (Å²) < 4.78 is 21.9. The minimum atomic E-state index is -0.318. The highest BCUT2D eigenvalue weighted by Gasteiger charge is 2.30. The molecule has 5 rings (SSSR count). The van der Waals surface area contributed by atoms with E-state index in [0.717, 1.165) is 56.5 Å². The van der Waals surface area contributed by atoms with Gasteiger partial charge in [0.2, 0.25) is 5.89 Å². The van der Waals surface area contributed by atoms with Gasteiger partial charge in [-0.05, 0) is 75.4 Å². The third-order valence-corrected chi connectivity index (χ3v) is 6.66. The predicted molar refractivity (Wildman–Crippen MR) is 117 cm³/mol. The van der Waals surface area contributed by atoms with Gasteiger partial charge in [-0.2, -0.15) is 14.8 Å². The number of hydrogen-bond acceptors (Lipinski definition) is 6. The molecule has 0 unspecified atom stereocenters. The molecule has 0 aliphatic carbocycles. The zero-order valence-electron chi connectivity index (χ0n) is 18.4. The number of halogens is 1. The number of rotatable bonds is 5. The van der Waals surface area contributed by atoms with Gasteiger partial charge in [0.1, 0.15) is 11.3 Å². The van der Waals surface area contributed by atoms with Crippen molar-refractivity contribution in [2.24, 2.45) is 5.92 Å².